The third-order valence-corrected chi connectivity index (χ3v) is 17.1. The Hall–Kier alpha value is -5.58. The van der Waals surface area contributed by atoms with Crippen LogP contribution >= 0.6 is 0 Å². The van der Waals surface area contributed by atoms with E-state index in [0.717, 1.165) is 57.1 Å². The number of rotatable bonds is 12. The summed E-state index contributed by atoms with van der Waals surface area (Å²) in [5.41, 5.74) is 4.23. The molecule has 68 heavy (non-hydrogen) atoms. The molecule has 1 spiro atoms. The fourth-order valence-corrected chi connectivity index (χ4v) is 12.8. The molecule has 4 fully saturated rings. The normalized spacial score (nSPS) is 24.0. The van der Waals surface area contributed by atoms with Gasteiger partial charge in [-0.3, -0.25) is 9.69 Å². The summed E-state index contributed by atoms with van der Waals surface area (Å²) < 4.78 is 57.7. The largest absolute Gasteiger partial charge is 0.489 e. The van der Waals surface area contributed by atoms with E-state index in [2.05, 4.69) is 73.1 Å². The predicted octanol–water partition coefficient (Wildman–Crippen LogP) is 10.4. The number of aromatic nitrogens is 2. The number of anilines is 2. The number of nitrogens with zero attached hydrogens (tertiary/aromatic N) is 4. The third kappa shape index (κ3) is 8.83. The molecule has 10 rings (SSSR count). The van der Waals surface area contributed by atoms with Crippen LogP contribution < -0.4 is 24.4 Å². The summed E-state index contributed by atoms with van der Waals surface area (Å²) in [7, 11) is -4.60. The number of carbonyl (C=O) groups excluding carboxylic acids is 1. The summed E-state index contributed by atoms with van der Waals surface area (Å²) in [5, 5.41) is 17.2. The number of halogens is 1. The Kier molecular flexibility index (Phi) is 12.3. The van der Waals surface area contributed by atoms with Crippen LogP contribution in [0.5, 0.6) is 17.2 Å². The molecule has 2 atom stereocenters. The summed E-state index contributed by atoms with van der Waals surface area (Å²) in [6.07, 6.45) is 11.3. The fourth-order valence-electron chi connectivity index (χ4n) is 11.8. The van der Waals surface area contributed by atoms with Crippen molar-refractivity contribution in [2.75, 3.05) is 36.5 Å². The number of carbonyl (C=O) groups is 1. The van der Waals surface area contributed by atoms with Gasteiger partial charge in [-0.05, 0) is 142 Å². The highest BCUT2D eigenvalue weighted by Gasteiger charge is 2.50. The SMILES string of the molecule is CCc1nc2[nH]cc(F)c2cc1Oc1cc(N2CCC3(CC2)CC(N2CCC[C@@H]2c2ccccc2C(C)C)C3)ccc1C(=O)NS(=O)(=O)c1cc(N=O)c2c(c1)OC[C@H](C1CCC(C)(O)CC1)N2. The van der Waals surface area contributed by atoms with Crippen LogP contribution in [0.3, 0.4) is 0 Å². The minimum absolute atomic E-state index is 0.0672. The van der Waals surface area contributed by atoms with Crippen molar-refractivity contribution >= 4 is 44.0 Å². The number of piperidine rings is 1. The summed E-state index contributed by atoms with van der Waals surface area (Å²) in [6, 6.07) is 18.9. The lowest BCUT2D eigenvalue weighted by Gasteiger charge is -2.56. The number of aryl methyl sites for hydroxylation is 1. The second kappa shape index (κ2) is 18.1. The van der Waals surface area contributed by atoms with Gasteiger partial charge in [0.15, 0.2) is 0 Å². The lowest BCUT2D eigenvalue weighted by Crippen LogP contribution is -2.54. The van der Waals surface area contributed by atoms with Crippen LogP contribution in [-0.2, 0) is 16.4 Å². The quantitative estimate of drug-likeness (QED) is 0.0875. The first-order valence-electron chi connectivity index (χ1n) is 24.4. The lowest BCUT2D eigenvalue weighted by atomic mass is 9.59. The van der Waals surface area contributed by atoms with Gasteiger partial charge >= 0.3 is 0 Å². The van der Waals surface area contributed by atoms with Crippen molar-refractivity contribution in [2.45, 2.75) is 133 Å². The standard InChI is InChI=1S/C52H62FN7O7S/c1-5-41-46(26-39-40(53)29-54-49(39)56-41)67-45-23-33(59-21-18-52(19-22-59)27-34(28-52)60-20-8-11-44(60)37-10-7-6-9-36(37)31(2)3)12-13-38(45)50(61)58-68(64,65)35-24-42(57-63)48-47(25-35)66-30-43(55-48)32-14-16-51(4,62)17-15-32/h6-7,9-10,12-13,23-26,29,31-32,34,43-44,55,62H,5,8,11,14-22,27-28,30H2,1-4H3,(H,54,56)(H,58,61)/t32?,43-,44-,51?/m1/s1. The molecular weight excluding hydrogens is 886 g/mol. The molecule has 0 radical (unpaired) electrons. The summed E-state index contributed by atoms with van der Waals surface area (Å²) >= 11 is 0. The van der Waals surface area contributed by atoms with Crippen LogP contribution in [0.15, 0.2) is 76.9 Å². The van der Waals surface area contributed by atoms with Gasteiger partial charge in [0, 0.05) is 49.2 Å². The van der Waals surface area contributed by atoms with E-state index in [9.17, 15) is 27.6 Å². The number of pyridine rings is 1. The lowest BCUT2D eigenvalue weighted by molar-refractivity contribution is -0.0227. The number of aliphatic hydroxyl groups is 1. The first-order chi connectivity index (χ1) is 32.6. The predicted molar refractivity (Wildman–Crippen MR) is 260 cm³/mol. The number of ether oxygens (including phenoxy) is 2. The highest BCUT2D eigenvalue weighted by molar-refractivity contribution is 7.90. The van der Waals surface area contributed by atoms with E-state index in [-0.39, 0.29) is 68.5 Å². The Bertz CT molecular complexity index is 2840. The molecule has 3 aromatic carbocycles. The molecular formula is C52H62FN7O7S. The van der Waals surface area contributed by atoms with Crippen molar-refractivity contribution in [3.63, 3.8) is 0 Å². The number of fused-ring (bicyclic) bond motifs is 2. The van der Waals surface area contributed by atoms with Crippen molar-refractivity contribution in [3.05, 3.63) is 100.0 Å². The van der Waals surface area contributed by atoms with Gasteiger partial charge in [-0.15, -0.1) is 4.91 Å². The Morgan fingerprint density at radius 3 is 2.53 bits per heavy atom. The Balaban J connectivity index is 0.875. The van der Waals surface area contributed by atoms with Crippen LogP contribution in [-0.4, -0.2) is 78.2 Å². The van der Waals surface area contributed by atoms with Gasteiger partial charge in [0.05, 0.1) is 33.2 Å². The maximum Gasteiger partial charge on any atom is 0.268 e. The second-order valence-corrected chi connectivity index (χ2v) is 22.3. The number of hydrogen-bond acceptors (Lipinski definition) is 12. The molecule has 2 aromatic heterocycles. The Labute approximate surface area is 397 Å². The van der Waals surface area contributed by atoms with Crippen molar-refractivity contribution in [3.8, 4) is 17.2 Å². The molecule has 4 N–H and O–H groups in total. The third-order valence-electron chi connectivity index (χ3n) is 15.8. The zero-order valence-electron chi connectivity index (χ0n) is 39.3. The smallest absolute Gasteiger partial charge is 0.268 e. The minimum atomic E-state index is -4.60. The zero-order chi connectivity index (χ0) is 47.5. The molecule has 0 unspecified atom stereocenters. The van der Waals surface area contributed by atoms with Crippen molar-refractivity contribution in [2.24, 2.45) is 16.5 Å². The molecule has 16 heteroatoms. The van der Waals surface area contributed by atoms with Gasteiger partial charge in [0.2, 0.25) is 0 Å². The average molecular weight is 948 g/mol. The van der Waals surface area contributed by atoms with Crippen LogP contribution in [0.4, 0.5) is 21.5 Å². The van der Waals surface area contributed by atoms with Crippen LogP contribution in [0.1, 0.15) is 131 Å². The van der Waals surface area contributed by atoms with Gasteiger partial charge in [-0.25, -0.2) is 22.5 Å². The number of amides is 1. The van der Waals surface area contributed by atoms with Crippen molar-refractivity contribution < 1.29 is 32.2 Å². The van der Waals surface area contributed by atoms with E-state index in [0.29, 0.717) is 48.6 Å². The van der Waals surface area contributed by atoms with Crippen molar-refractivity contribution in [1.29, 1.82) is 0 Å². The fraction of sp³-hybridized carbons (Fsp3) is 0.500. The Morgan fingerprint density at radius 2 is 1.79 bits per heavy atom. The van der Waals surface area contributed by atoms with E-state index >= 15 is 0 Å². The van der Waals surface area contributed by atoms with E-state index in [1.54, 1.807) is 18.2 Å². The first kappa shape index (κ1) is 46.2. The Morgan fingerprint density at radius 1 is 1.03 bits per heavy atom. The number of nitrogens with one attached hydrogen (secondary N) is 3. The molecule has 0 bridgehead atoms. The summed E-state index contributed by atoms with van der Waals surface area (Å²) in [5.74, 6) is -0.373. The number of nitroso groups, excluding NO2 is 1. The monoisotopic (exact) mass is 947 g/mol. The van der Waals surface area contributed by atoms with E-state index in [1.165, 1.54) is 49.1 Å². The molecule has 2 saturated heterocycles. The van der Waals surface area contributed by atoms with Crippen LogP contribution in [0, 0.1) is 22.1 Å². The second-order valence-electron chi connectivity index (χ2n) is 20.6. The maximum absolute atomic E-state index is 14.9. The molecule has 3 aliphatic heterocycles. The molecule has 14 nitrogen and oxygen atoms in total. The topological polar surface area (TPSA) is 179 Å². The average Bonchev–Trinajstić information content (AvgIpc) is 3.96. The molecule has 5 aliphatic rings. The number of H-pyrrole nitrogens is 1. The van der Waals surface area contributed by atoms with Gasteiger partial charge in [-0.1, -0.05) is 45.0 Å². The molecule has 1 amide bonds. The van der Waals surface area contributed by atoms with Gasteiger partial charge in [0.1, 0.15) is 46.7 Å². The molecule has 2 saturated carbocycles. The summed E-state index contributed by atoms with van der Waals surface area (Å²) in [4.78, 5) is 38.6. The van der Waals surface area contributed by atoms with E-state index in [4.69, 9.17) is 9.47 Å². The molecule has 5 aromatic rings. The van der Waals surface area contributed by atoms with Crippen LogP contribution in [0.25, 0.3) is 11.0 Å². The van der Waals surface area contributed by atoms with Gasteiger partial charge < -0.3 is 29.8 Å². The van der Waals surface area contributed by atoms with Crippen molar-refractivity contribution in [1.82, 2.24) is 19.6 Å². The highest BCUT2D eigenvalue weighted by atomic mass is 32.2. The summed E-state index contributed by atoms with van der Waals surface area (Å²) in [6.45, 7) is 11.3. The number of sulfonamides is 1. The maximum atomic E-state index is 14.9. The van der Waals surface area contributed by atoms with E-state index < -0.39 is 27.3 Å². The number of hydrogen-bond donors (Lipinski definition) is 4. The van der Waals surface area contributed by atoms with Gasteiger partial charge in [0.25, 0.3) is 15.9 Å². The first-order valence-corrected chi connectivity index (χ1v) is 25.9. The molecule has 360 valence electrons. The van der Waals surface area contributed by atoms with E-state index in [1.807, 2.05) is 19.9 Å². The number of aromatic amines is 1. The number of likely N-dealkylation sites (tertiary alicyclic amines) is 1. The molecule has 2 aliphatic carbocycles. The molecule has 5 heterocycles. The zero-order valence-corrected chi connectivity index (χ0v) is 40.1. The van der Waals surface area contributed by atoms with Gasteiger partial charge in [-0.2, -0.15) is 0 Å². The minimum Gasteiger partial charge on any atom is -0.489 e. The highest BCUT2D eigenvalue weighted by Crippen LogP contribution is 2.54. The van der Waals surface area contributed by atoms with Crippen LogP contribution in [0.2, 0.25) is 0 Å². The number of benzene rings is 3.